The summed E-state index contributed by atoms with van der Waals surface area (Å²) in [6, 6.07) is 23.7. The smallest absolute Gasteiger partial charge is 0.393 e. The molecular formula is C60H67ClF6N10O6S2. The summed E-state index contributed by atoms with van der Waals surface area (Å²) in [5.74, 6) is 3.79. The van der Waals surface area contributed by atoms with Gasteiger partial charge in [0, 0.05) is 93.2 Å². The quantitative estimate of drug-likeness (QED) is 0.0515. The molecule has 25 heteroatoms. The second kappa shape index (κ2) is 27.4. The van der Waals surface area contributed by atoms with Gasteiger partial charge in [-0.25, -0.2) is 24.9 Å². The van der Waals surface area contributed by atoms with Crippen LogP contribution in [0.15, 0.2) is 85.2 Å². The van der Waals surface area contributed by atoms with Gasteiger partial charge in [0.1, 0.15) is 27.1 Å². The predicted molar refractivity (Wildman–Crippen MR) is 320 cm³/mol. The fourth-order valence-corrected chi connectivity index (χ4v) is 13.4. The Balaban J connectivity index is 0.000000204. The van der Waals surface area contributed by atoms with Gasteiger partial charge in [-0.05, 0) is 83.8 Å². The van der Waals surface area contributed by atoms with Gasteiger partial charge in [0.2, 0.25) is 5.28 Å². The molecule has 0 spiro atoms. The lowest BCUT2D eigenvalue weighted by atomic mass is 10.1. The summed E-state index contributed by atoms with van der Waals surface area (Å²) in [6.07, 6.45) is -3.51. The first kappa shape index (κ1) is 62.8. The lowest BCUT2D eigenvalue weighted by Gasteiger charge is -2.30. The molecule has 2 saturated carbocycles. The van der Waals surface area contributed by atoms with Crippen molar-refractivity contribution in [2.45, 2.75) is 114 Å². The van der Waals surface area contributed by atoms with E-state index in [1.165, 1.54) is 6.07 Å². The van der Waals surface area contributed by atoms with Gasteiger partial charge >= 0.3 is 12.4 Å². The monoisotopic (exact) mass is 1240 g/mol. The molecule has 2 aliphatic rings. The van der Waals surface area contributed by atoms with Gasteiger partial charge in [-0.1, -0.05) is 55.5 Å². The number of likely N-dealkylation sites (N-methyl/N-ethyl adjacent to an activating group) is 2. The van der Waals surface area contributed by atoms with Crippen LogP contribution in [-0.2, 0) is 41.8 Å². The molecule has 6 atom stereocenters. The molecule has 8 aromatic rings. The molecule has 2 N–H and O–H groups in total. The number of hydrogen-bond acceptors (Lipinski definition) is 18. The average Bonchev–Trinajstić information content (AvgIpc) is 4.45. The Morgan fingerprint density at radius 2 is 0.976 bits per heavy atom. The van der Waals surface area contributed by atoms with E-state index in [2.05, 4.69) is 76.9 Å². The number of nitrogens with one attached hydrogen (secondary N) is 2. The number of anilines is 2. The van der Waals surface area contributed by atoms with Crippen LogP contribution in [0.4, 0.5) is 38.0 Å². The first-order valence-corrected chi connectivity index (χ1v) is 29.4. The number of hydrogen-bond donors (Lipinski definition) is 2. The molecular weight excluding hydrogens is 1170 g/mol. The van der Waals surface area contributed by atoms with Crippen molar-refractivity contribution in [1.29, 1.82) is 0 Å². The maximum atomic E-state index is 13.1. The van der Waals surface area contributed by atoms with Crippen LogP contribution in [0, 0.1) is 0 Å². The zero-order valence-electron chi connectivity index (χ0n) is 48.4. The number of methoxy groups -OCH3 is 6. The molecule has 0 bridgehead atoms. The molecule has 6 aromatic heterocycles. The van der Waals surface area contributed by atoms with Crippen molar-refractivity contribution in [3.05, 3.63) is 117 Å². The zero-order valence-corrected chi connectivity index (χ0v) is 50.8. The number of thiophene rings is 2. The van der Waals surface area contributed by atoms with Crippen molar-refractivity contribution in [2.75, 3.05) is 66.6 Å². The number of halogens is 7. The Bertz CT molecular complexity index is 3540. The Hall–Kier alpha value is -6.67. The van der Waals surface area contributed by atoms with Crippen molar-refractivity contribution in [3.8, 4) is 45.5 Å². The van der Waals surface area contributed by atoms with E-state index >= 15 is 0 Å². The van der Waals surface area contributed by atoms with Gasteiger partial charge in [0.15, 0.2) is 11.5 Å². The van der Waals surface area contributed by atoms with Crippen LogP contribution in [0.25, 0.3) is 42.7 Å². The molecule has 2 aliphatic carbocycles. The second-order valence-electron chi connectivity index (χ2n) is 20.8. The van der Waals surface area contributed by atoms with E-state index in [1.807, 2.05) is 50.2 Å². The topological polar surface area (TPSA) is 163 Å². The zero-order chi connectivity index (χ0) is 60.7. The van der Waals surface area contributed by atoms with Crippen LogP contribution in [0.2, 0.25) is 5.28 Å². The van der Waals surface area contributed by atoms with Gasteiger partial charge in [-0.15, -0.1) is 22.7 Å². The Kier molecular flexibility index (Phi) is 20.2. The Labute approximate surface area is 502 Å². The van der Waals surface area contributed by atoms with Crippen LogP contribution in [-0.4, -0.2) is 135 Å². The first-order valence-electron chi connectivity index (χ1n) is 27.4. The molecule has 0 unspecified atom stereocenters. The van der Waals surface area contributed by atoms with Crippen LogP contribution in [0.1, 0.15) is 59.3 Å². The number of alkyl halides is 6. The summed E-state index contributed by atoms with van der Waals surface area (Å²) in [5, 5.41) is 8.51. The highest BCUT2D eigenvalue weighted by atomic mass is 35.5. The van der Waals surface area contributed by atoms with Crippen molar-refractivity contribution < 1.29 is 54.8 Å². The third kappa shape index (κ3) is 15.3. The number of aryl methyl sites for hydroxylation is 1. The fourth-order valence-electron chi connectivity index (χ4n) is 11.1. The summed E-state index contributed by atoms with van der Waals surface area (Å²) < 4.78 is 111. The molecule has 85 heavy (non-hydrogen) atoms. The van der Waals surface area contributed by atoms with Crippen molar-refractivity contribution in [3.63, 3.8) is 0 Å². The van der Waals surface area contributed by atoms with E-state index in [0.29, 0.717) is 80.7 Å². The van der Waals surface area contributed by atoms with E-state index in [-0.39, 0.29) is 51.4 Å². The molecule has 0 saturated heterocycles. The molecule has 10 rings (SSSR count). The highest BCUT2D eigenvalue weighted by Crippen LogP contribution is 2.40. The third-order valence-corrected chi connectivity index (χ3v) is 17.6. The number of benzene rings is 2. The highest BCUT2D eigenvalue weighted by Gasteiger charge is 2.40. The molecule has 0 radical (unpaired) electrons. The maximum absolute atomic E-state index is 13.1. The van der Waals surface area contributed by atoms with Crippen LogP contribution >= 0.6 is 34.3 Å². The minimum Gasteiger partial charge on any atom is -0.491 e. The Morgan fingerprint density at radius 1 is 0.553 bits per heavy atom. The number of ether oxygens (including phenoxy) is 6. The number of pyridine rings is 2. The number of aromatic nitrogens is 6. The number of nitrogens with zero attached hydrogens (tertiary/aromatic N) is 8. The minimum atomic E-state index is -4.31. The van der Waals surface area contributed by atoms with Gasteiger partial charge in [0.25, 0.3) is 11.8 Å². The number of fused-ring (bicyclic) bond motifs is 2. The van der Waals surface area contributed by atoms with Gasteiger partial charge < -0.3 is 48.9 Å². The maximum Gasteiger partial charge on any atom is 0.393 e. The van der Waals surface area contributed by atoms with Gasteiger partial charge in [-0.3, -0.25) is 0 Å². The lowest BCUT2D eigenvalue weighted by Crippen LogP contribution is -2.39. The standard InChI is InChI=1S/C31H36F3N5O3S.C29H31ClF3N5O3S/c1-6-27-37-28(23-14-22(15-31(32,33)34)43-30(23)38-27)39(2)24-12-21(13-25(24)40-3)35-16-18-7-9-19(10-8-18)20-11-26(41-4)29(42-5)36-17-20;1-38(25-21-12-20(13-29(31,32)33)42-27(21)37-28(30)36-25)22-10-19(11-23(22)39-2)34-14-16-5-7-17(8-6-16)18-9-24(40-3)26(41-4)35-15-18/h7-11,14,17,21,24-25,35H,6,12-13,15-16H2,1-5H3;5-9,12,15,19,22-23,34H,10-11,13-14H2,1-4H3/t21-,24+,25+;19-,22+,23+/m11/s1. The van der Waals surface area contributed by atoms with Crippen molar-refractivity contribution in [1.82, 2.24) is 40.5 Å². The predicted octanol–water partition coefficient (Wildman–Crippen LogP) is 12.5. The largest absolute Gasteiger partial charge is 0.491 e. The third-order valence-electron chi connectivity index (χ3n) is 15.4. The highest BCUT2D eigenvalue weighted by molar-refractivity contribution is 7.19. The summed E-state index contributed by atoms with van der Waals surface area (Å²) >= 11 is 8.26. The normalized spacial score (nSPS) is 18.8. The van der Waals surface area contributed by atoms with E-state index in [1.54, 1.807) is 61.1 Å². The van der Waals surface area contributed by atoms with Gasteiger partial charge in [-0.2, -0.15) is 31.3 Å². The first-order chi connectivity index (χ1) is 40.7. The summed E-state index contributed by atoms with van der Waals surface area (Å²) in [7, 11) is 13.5. The van der Waals surface area contributed by atoms with Crippen LogP contribution < -0.4 is 39.4 Å². The second-order valence-corrected chi connectivity index (χ2v) is 23.4. The minimum absolute atomic E-state index is 0.00119. The van der Waals surface area contributed by atoms with E-state index in [4.69, 9.17) is 45.0 Å². The van der Waals surface area contributed by atoms with Crippen LogP contribution in [0.5, 0.6) is 23.3 Å². The van der Waals surface area contributed by atoms with Crippen molar-refractivity contribution >= 4 is 66.3 Å². The van der Waals surface area contributed by atoms with E-state index in [9.17, 15) is 26.3 Å². The molecule has 454 valence electrons. The average molecular weight is 1240 g/mol. The molecule has 2 aromatic carbocycles. The van der Waals surface area contributed by atoms with E-state index < -0.39 is 25.2 Å². The summed E-state index contributed by atoms with van der Waals surface area (Å²) in [6.45, 7) is 3.29. The van der Waals surface area contributed by atoms with E-state index in [0.717, 1.165) is 81.7 Å². The molecule has 16 nitrogen and oxygen atoms in total. The molecule has 0 aliphatic heterocycles. The van der Waals surface area contributed by atoms with Crippen molar-refractivity contribution in [2.24, 2.45) is 0 Å². The van der Waals surface area contributed by atoms with Gasteiger partial charge in [0.05, 0.1) is 76.3 Å². The summed E-state index contributed by atoms with van der Waals surface area (Å²) in [5.41, 5.74) is 6.15. The van der Waals surface area contributed by atoms with Crippen LogP contribution in [0.3, 0.4) is 0 Å². The molecule has 6 heterocycles. The summed E-state index contributed by atoms with van der Waals surface area (Å²) in [4.78, 5) is 32.0. The number of rotatable bonds is 21. The molecule has 0 amide bonds. The SMILES string of the molecule is CCc1nc(N(C)[C@H]2C[C@@H](NCc3ccc(-c4cnc(OC)c(OC)c4)cc3)C[C@@H]2OC)c2cc(CC(F)(F)F)sc2n1.COc1cc(-c2ccc(CN[C@H]3C[C@H](OC)[C@@H](N(C)c4nc(Cl)nc5sc(CC(F)(F)F)cc45)C3)cc2)cnc1OC. The fraction of sp³-hybridized carbons (Fsp3) is 0.433. The molecule has 2 fully saturated rings. The Morgan fingerprint density at radius 3 is 1.36 bits per heavy atom. The lowest BCUT2D eigenvalue weighted by molar-refractivity contribution is -0.127.